The highest BCUT2D eigenvalue weighted by atomic mass is 32.2. The van der Waals surface area contributed by atoms with Crippen LogP contribution in [0.5, 0.6) is 0 Å². The molecule has 0 aliphatic heterocycles. The molecular weight excluding hydrogens is 286 g/mol. The van der Waals surface area contributed by atoms with Crippen molar-refractivity contribution in [1.29, 1.82) is 0 Å². The van der Waals surface area contributed by atoms with Gasteiger partial charge < -0.3 is 13.9 Å². The van der Waals surface area contributed by atoms with Gasteiger partial charge in [-0.15, -0.1) is 0 Å². The second-order valence-electron chi connectivity index (χ2n) is 4.50. The smallest absolute Gasteiger partial charge is 0.263 e. The van der Waals surface area contributed by atoms with Gasteiger partial charge in [0, 0.05) is 6.20 Å². The lowest BCUT2D eigenvalue weighted by Gasteiger charge is -1.98. The van der Waals surface area contributed by atoms with Crippen LogP contribution in [0.2, 0.25) is 0 Å². The van der Waals surface area contributed by atoms with Gasteiger partial charge >= 0.3 is 0 Å². The molecule has 3 heterocycles. The first-order valence-electron chi connectivity index (χ1n) is 6.45. The van der Waals surface area contributed by atoms with Crippen LogP contribution >= 0.6 is 11.8 Å². The van der Waals surface area contributed by atoms with Gasteiger partial charge in [-0.1, -0.05) is 18.2 Å². The van der Waals surface area contributed by atoms with Crippen molar-refractivity contribution in [2.24, 2.45) is 0 Å². The summed E-state index contributed by atoms with van der Waals surface area (Å²) in [6.45, 7) is -0.0895. The maximum Gasteiger partial charge on any atom is 0.263 e. The van der Waals surface area contributed by atoms with Crippen molar-refractivity contribution < 1.29 is 9.52 Å². The fourth-order valence-corrected chi connectivity index (χ4v) is 3.09. The molecule has 4 aromatic rings. The summed E-state index contributed by atoms with van der Waals surface area (Å²) in [6, 6.07) is 13.3. The maximum absolute atomic E-state index is 9.60. The molecule has 0 aliphatic carbocycles. The van der Waals surface area contributed by atoms with Gasteiger partial charge in [0.1, 0.15) is 16.2 Å². The van der Waals surface area contributed by atoms with E-state index >= 15 is 0 Å². The van der Waals surface area contributed by atoms with E-state index in [1.54, 1.807) is 0 Å². The highest BCUT2D eigenvalue weighted by molar-refractivity contribution is 7.99. The number of hydrogen-bond donors (Lipinski definition) is 1. The largest absolute Gasteiger partial charge is 0.431 e. The minimum Gasteiger partial charge on any atom is -0.431 e. The molecule has 1 N–H and O–H groups in total. The Morgan fingerprint density at radius 2 is 1.95 bits per heavy atom. The van der Waals surface area contributed by atoms with E-state index in [1.165, 1.54) is 11.8 Å². The van der Waals surface area contributed by atoms with Gasteiger partial charge in [-0.25, -0.2) is 9.97 Å². The number of rotatable bonds is 3. The van der Waals surface area contributed by atoms with Crippen molar-refractivity contribution in [2.45, 2.75) is 16.9 Å². The van der Waals surface area contributed by atoms with Crippen molar-refractivity contribution in [3.05, 3.63) is 54.4 Å². The number of para-hydroxylation sites is 2. The number of aromatic nitrogens is 3. The number of hydrogen-bond acceptors (Lipinski definition) is 5. The standard InChI is InChI=1S/C15H11N3O2S/c19-9-11-14(17-13-7-3-4-8-18(11)13)21-15-16-10-5-1-2-6-12(10)20-15/h1-8,19H,9H2. The Kier molecular flexibility index (Phi) is 2.90. The molecule has 21 heavy (non-hydrogen) atoms. The van der Waals surface area contributed by atoms with E-state index in [4.69, 9.17) is 4.42 Å². The normalized spacial score (nSPS) is 11.5. The van der Waals surface area contributed by atoms with Crippen LogP contribution in [0.3, 0.4) is 0 Å². The van der Waals surface area contributed by atoms with Gasteiger partial charge in [0.05, 0.1) is 12.3 Å². The molecule has 0 spiro atoms. The number of benzene rings is 1. The first-order valence-corrected chi connectivity index (χ1v) is 7.27. The Bertz CT molecular complexity index is 896. The zero-order valence-electron chi connectivity index (χ0n) is 10.9. The van der Waals surface area contributed by atoms with Crippen LogP contribution in [-0.2, 0) is 6.61 Å². The van der Waals surface area contributed by atoms with Crippen LogP contribution in [-0.4, -0.2) is 19.5 Å². The second-order valence-corrected chi connectivity index (χ2v) is 5.44. The summed E-state index contributed by atoms with van der Waals surface area (Å²) < 4.78 is 7.55. The van der Waals surface area contributed by atoms with Gasteiger partial charge in [0.25, 0.3) is 5.22 Å². The highest BCUT2D eigenvalue weighted by Gasteiger charge is 2.15. The lowest BCUT2D eigenvalue weighted by atomic mass is 10.3. The van der Waals surface area contributed by atoms with Gasteiger partial charge in [0.2, 0.25) is 0 Å². The number of nitrogens with zero attached hydrogens (tertiary/aromatic N) is 3. The Morgan fingerprint density at radius 1 is 1.10 bits per heavy atom. The van der Waals surface area contributed by atoms with Gasteiger partial charge in [-0.05, 0) is 36.0 Å². The number of pyridine rings is 1. The van der Waals surface area contributed by atoms with E-state index in [1.807, 2.05) is 53.1 Å². The van der Waals surface area contributed by atoms with Crippen LogP contribution in [0.25, 0.3) is 16.7 Å². The Labute approximate surface area is 124 Å². The minimum atomic E-state index is -0.0895. The van der Waals surface area contributed by atoms with Crippen molar-refractivity contribution in [2.75, 3.05) is 0 Å². The Morgan fingerprint density at radius 3 is 2.81 bits per heavy atom. The molecule has 0 saturated heterocycles. The van der Waals surface area contributed by atoms with Crippen molar-refractivity contribution in [3.8, 4) is 0 Å². The van der Waals surface area contributed by atoms with E-state index in [0.717, 1.165) is 22.4 Å². The molecule has 5 nitrogen and oxygen atoms in total. The monoisotopic (exact) mass is 297 g/mol. The molecule has 0 atom stereocenters. The summed E-state index contributed by atoms with van der Waals surface area (Å²) in [5.41, 5.74) is 3.08. The predicted molar refractivity (Wildman–Crippen MR) is 79.2 cm³/mol. The molecular formula is C15H11N3O2S. The van der Waals surface area contributed by atoms with E-state index < -0.39 is 0 Å². The van der Waals surface area contributed by atoms with E-state index in [9.17, 15) is 5.11 Å². The average Bonchev–Trinajstić information content (AvgIpc) is 3.06. The number of fused-ring (bicyclic) bond motifs is 2. The Balaban J connectivity index is 1.79. The molecule has 104 valence electrons. The molecule has 0 fully saturated rings. The van der Waals surface area contributed by atoms with Crippen LogP contribution in [0, 0.1) is 0 Å². The highest BCUT2D eigenvalue weighted by Crippen LogP contribution is 2.32. The predicted octanol–water partition coefficient (Wildman–Crippen LogP) is 3.12. The second kappa shape index (κ2) is 4.91. The van der Waals surface area contributed by atoms with Gasteiger partial charge in [-0.3, -0.25) is 0 Å². The number of aliphatic hydroxyl groups is 1. The first-order chi connectivity index (χ1) is 10.3. The molecule has 0 unspecified atom stereocenters. The lowest BCUT2D eigenvalue weighted by Crippen LogP contribution is -1.92. The third-order valence-corrected chi connectivity index (χ3v) is 4.07. The fraction of sp³-hybridized carbons (Fsp3) is 0.0667. The fourth-order valence-electron chi connectivity index (χ4n) is 2.23. The van der Waals surface area contributed by atoms with E-state index in [-0.39, 0.29) is 6.61 Å². The maximum atomic E-state index is 9.60. The van der Waals surface area contributed by atoms with Crippen molar-refractivity contribution in [1.82, 2.24) is 14.4 Å². The van der Waals surface area contributed by atoms with Crippen LogP contribution in [0.15, 0.2) is 63.3 Å². The number of aliphatic hydroxyl groups excluding tert-OH is 1. The van der Waals surface area contributed by atoms with E-state index in [2.05, 4.69) is 9.97 Å². The quantitative estimate of drug-likeness (QED) is 0.629. The third kappa shape index (κ3) is 2.09. The summed E-state index contributed by atoms with van der Waals surface area (Å²) in [7, 11) is 0. The SMILES string of the molecule is OCc1c(Sc2nc3ccccc3o2)nc2ccccn12. The van der Waals surface area contributed by atoms with Crippen LogP contribution in [0.1, 0.15) is 5.69 Å². The minimum absolute atomic E-state index is 0.0895. The summed E-state index contributed by atoms with van der Waals surface area (Å²) in [4.78, 5) is 8.93. The molecule has 0 amide bonds. The van der Waals surface area contributed by atoms with Gasteiger partial charge in [-0.2, -0.15) is 0 Å². The number of oxazole rings is 1. The van der Waals surface area contributed by atoms with Gasteiger partial charge in [0.15, 0.2) is 5.58 Å². The summed E-state index contributed by atoms with van der Waals surface area (Å²) in [6.07, 6.45) is 1.88. The lowest BCUT2D eigenvalue weighted by molar-refractivity contribution is 0.272. The first kappa shape index (κ1) is 12.4. The molecule has 0 bridgehead atoms. The molecule has 3 aromatic heterocycles. The zero-order valence-corrected chi connectivity index (χ0v) is 11.7. The Hall–Kier alpha value is -2.31. The van der Waals surface area contributed by atoms with Crippen LogP contribution < -0.4 is 0 Å². The molecule has 0 radical (unpaired) electrons. The van der Waals surface area contributed by atoms with E-state index in [0.29, 0.717) is 10.2 Å². The topological polar surface area (TPSA) is 63.6 Å². The molecule has 6 heteroatoms. The average molecular weight is 297 g/mol. The van der Waals surface area contributed by atoms with Crippen molar-refractivity contribution >= 4 is 28.5 Å². The number of imidazole rings is 1. The molecule has 0 aliphatic rings. The molecule has 1 aromatic carbocycles. The third-order valence-electron chi connectivity index (χ3n) is 3.20. The summed E-state index contributed by atoms with van der Waals surface area (Å²) >= 11 is 1.32. The van der Waals surface area contributed by atoms with Crippen molar-refractivity contribution in [3.63, 3.8) is 0 Å². The zero-order chi connectivity index (χ0) is 14.2. The molecule has 4 rings (SSSR count). The molecule has 0 saturated carbocycles. The summed E-state index contributed by atoms with van der Waals surface area (Å²) in [5, 5.41) is 10.8. The van der Waals surface area contributed by atoms with Crippen LogP contribution in [0.4, 0.5) is 0 Å². The summed E-state index contributed by atoms with van der Waals surface area (Å²) in [5.74, 6) is 0.